The largest absolute Gasteiger partial charge is 0.478 e. The third-order valence-electron chi connectivity index (χ3n) is 14.4. The van der Waals surface area contributed by atoms with E-state index in [-0.39, 0.29) is 16.2 Å². The highest BCUT2D eigenvalue weighted by atomic mass is 35.5. The zero-order valence-electron chi connectivity index (χ0n) is 32.1. The van der Waals surface area contributed by atoms with E-state index in [0.717, 1.165) is 29.8 Å². The van der Waals surface area contributed by atoms with E-state index < -0.39 is 5.97 Å². The quantitative estimate of drug-likeness (QED) is 0.239. The molecule has 2 aromatic carbocycles. The lowest BCUT2D eigenvalue weighted by Gasteiger charge is -2.68. The van der Waals surface area contributed by atoms with Gasteiger partial charge in [0.05, 0.1) is 11.0 Å². The minimum absolute atomic E-state index is 0.0191. The van der Waals surface area contributed by atoms with E-state index in [9.17, 15) is 14.7 Å². The van der Waals surface area contributed by atoms with Gasteiger partial charge in [-0.1, -0.05) is 82.1 Å². The summed E-state index contributed by atoms with van der Waals surface area (Å²) in [6.45, 7) is 16.0. The Kier molecular flexibility index (Phi) is 13.0. The normalized spacial score (nSPS) is 33.3. The predicted molar refractivity (Wildman–Crippen MR) is 216 cm³/mol. The minimum atomic E-state index is -0.871. The predicted octanol–water partition coefficient (Wildman–Crippen LogP) is 11.5. The number of terminal acetylenes is 2. The summed E-state index contributed by atoms with van der Waals surface area (Å²) in [7, 11) is 0. The van der Waals surface area contributed by atoms with Gasteiger partial charge in [0.25, 0.3) is 0 Å². The molecular weight excluding hydrogens is 662 g/mol. The van der Waals surface area contributed by atoms with Crippen LogP contribution in [0.2, 0.25) is 5.02 Å². The van der Waals surface area contributed by atoms with E-state index in [1.807, 2.05) is 43.3 Å². The molecule has 0 saturated heterocycles. The first-order valence-electron chi connectivity index (χ1n) is 19.1. The number of allylic oxidation sites excluding steroid dienone is 3. The summed E-state index contributed by atoms with van der Waals surface area (Å²) >= 11 is 6.09. The van der Waals surface area contributed by atoms with Crippen molar-refractivity contribution in [2.75, 3.05) is 0 Å². The molecule has 2 N–H and O–H groups in total. The maximum atomic E-state index is 14.0. The van der Waals surface area contributed by atoms with Crippen LogP contribution >= 0.6 is 11.6 Å². The van der Waals surface area contributed by atoms with Crippen LogP contribution in [0.5, 0.6) is 0 Å². The van der Waals surface area contributed by atoms with Crippen LogP contribution in [0.1, 0.15) is 120 Å². The van der Waals surface area contributed by atoms with Crippen LogP contribution in [0, 0.1) is 76.9 Å². The number of carboxylic acids is 1. The standard InChI is InChI=1S/C40H50ClNO3.C3H6.2C2H2/c1-37(2)30(26-9-11-27(12-10-26)35(43)44)17-21-39(4)33(37)19-22-38(3)31-18-23-40(20-5-6-32(40)29(31)15-16-34(38)39)36(45)42-24-25-7-13-28(41)14-8-25;1-3-2;2*1-2/h7-14,17,29,31-34H,5-6,15-16,18-24H2,1-4H3,(H,42,45)(H,43,44);3H,1H2,2H3;2*1-2H/t29-,31?,32?,33?,34?,38-,39-,40-;;;/m0.../s1. The van der Waals surface area contributed by atoms with Crippen molar-refractivity contribution in [3.05, 3.63) is 89.0 Å². The first-order valence-corrected chi connectivity index (χ1v) is 19.5. The number of benzene rings is 2. The number of hydrogen-bond acceptors (Lipinski definition) is 2. The number of nitrogens with one attached hydrogen (secondary N) is 1. The molecule has 4 nitrogen and oxygen atoms in total. The van der Waals surface area contributed by atoms with Crippen molar-refractivity contribution >= 4 is 29.1 Å². The molecule has 1 amide bonds. The van der Waals surface area contributed by atoms with Gasteiger partial charge in [-0.05, 0) is 152 Å². The molecule has 0 aromatic heterocycles. The lowest BCUT2D eigenvalue weighted by molar-refractivity contribution is -0.181. The summed E-state index contributed by atoms with van der Waals surface area (Å²) in [5.41, 5.74) is 4.39. The Morgan fingerprint density at radius 3 is 2.10 bits per heavy atom. The summed E-state index contributed by atoms with van der Waals surface area (Å²) < 4.78 is 0. The zero-order valence-corrected chi connectivity index (χ0v) is 32.9. The molecule has 0 radical (unpaired) electrons. The smallest absolute Gasteiger partial charge is 0.335 e. The number of aromatic carboxylic acids is 1. The molecule has 0 aliphatic heterocycles. The van der Waals surface area contributed by atoms with E-state index in [2.05, 4.69) is 71.4 Å². The molecule has 5 aliphatic rings. The van der Waals surface area contributed by atoms with Crippen LogP contribution in [0.15, 0.2) is 67.3 Å². The van der Waals surface area contributed by atoms with Crippen molar-refractivity contribution in [2.45, 2.75) is 105 Å². The first-order chi connectivity index (χ1) is 24.8. The maximum Gasteiger partial charge on any atom is 0.335 e. The van der Waals surface area contributed by atoms with E-state index >= 15 is 0 Å². The van der Waals surface area contributed by atoms with Crippen molar-refractivity contribution in [2.24, 2.45) is 51.2 Å². The number of halogens is 1. The third kappa shape index (κ3) is 7.14. The second kappa shape index (κ2) is 16.5. The molecule has 5 heteroatoms. The molecule has 0 spiro atoms. The summed E-state index contributed by atoms with van der Waals surface area (Å²) in [6, 6.07) is 15.4. The number of rotatable bonds is 5. The molecule has 4 unspecified atom stereocenters. The van der Waals surface area contributed by atoms with Crippen molar-refractivity contribution in [1.29, 1.82) is 0 Å². The number of carbonyl (C=O) groups excluding carboxylic acids is 1. The average molecular weight is 722 g/mol. The Balaban J connectivity index is 0.000000810. The van der Waals surface area contributed by atoms with Crippen molar-refractivity contribution in [3.8, 4) is 25.7 Å². The topological polar surface area (TPSA) is 66.4 Å². The summed E-state index contributed by atoms with van der Waals surface area (Å²) in [5.74, 6) is 2.56. The summed E-state index contributed by atoms with van der Waals surface area (Å²) in [4.78, 5) is 25.5. The van der Waals surface area contributed by atoms with Gasteiger partial charge in [-0.3, -0.25) is 4.79 Å². The molecule has 7 rings (SSSR count). The highest BCUT2D eigenvalue weighted by Gasteiger charge is 2.66. The molecule has 4 fully saturated rings. The van der Waals surface area contributed by atoms with Gasteiger partial charge >= 0.3 is 5.97 Å². The van der Waals surface area contributed by atoms with Gasteiger partial charge in [0, 0.05) is 11.6 Å². The van der Waals surface area contributed by atoms with Crippen LogP contribution in [0.25, 0.3) is 5.57 Å². The van der Waals surface area contributed by atoms with Crippen molar-refractivity contribution in [1.82, 2.24) is 5.32 Å². The van der Waals surface area contributed by atoms with Gasteiger partial charge in [-0.25, -0.2) is 4.79 Å². The van der Waals surface area contributed by atoms with E-state index in [0.29, 0.717) is 53.0 Å². The zero-order chi connectivity index (χ0) is 38.5. The molecule has 278 valence electrons. The second-order valence-electron chi connectivity index (χ2n) is 16.8. The molecule has 2 aromatic rings. The number of carboxylic acid groups (broad SMARTS) is 1. The molecule has 5 aliphatic carbocycles. The monoisotopic (exact) mass is 721 g/mol. The van der Waals surface area contributed by atoms with Crippen LogP contribution < -0.4 is 5.32 Å². The summed E-state index contributed by atoms with van der Waals surface area (Å²) in [6.07, 6.45) is 32.0. The van der Waals surface area contributed by atoms with Crippen LogP contribution in [0.4, 0.5) is 0 Å². The molecule has 0 heterocycles. The molecule has 8 atom stereocenters. The van der Waals surface area contributed by atoms with Gasteiger partial charge < -0.3 is 10.4 Å². The summed E-state index contributed by atoms with van der Waals surface area (Å²) in [5, 5.41) is 13.5. The Morgan fingerprint density at radius 1 is 0.846 bits per heavy atom. The van der Waals surface area contributed by atoms with Crippen LogP contribution in [0.3, 0.4) is 0 Å². The van der Waals surface area contributed by atoms with Gasteiger partial charge in [0.1, 0.15) is 0 Å². The van der Waals surface area contributed by atoms with Crippen LogP contribution in [-0.2, 0) is 11.3 Å². The van der Waals surface area contributed by atoms with E-state index in [1.54, 1.807) is 18.2 Å². The van der Waals surface area contributed by atoms with E-state index in [1.165, 1.54) is 56.1 Å². The Labute approximate surface area is 319 Å². The fourth-order valence-corrected chi connectivity index (χ4v) is 12.6. The average Bonchev–Trinajstić information content (AvgIpc) is 3.59. The van der Waals surface area contributed by atoms with Gasteiger partial charge in [-0.2, -0.15) is 0 Å². The number of hydrogen-bond donors (Lipinski definition) is 2. The first kappa shape index (κ1) is 41.0. The molecule has 4 saturated carbocycles. The SMILES string of the molecule is C#C.C#C.C=CC.CC1(C)C(c2ccc(C(=O)O)cc2)=CC[C@@]2(C)C1CC[C@@]1(C)C3CC[C@@]4(C(=O)NCc5ccc(Cl)cc5)CCCC4[C@H]3CCC12. The van der Waals surface area contributed by atoms with Gasteiger partial charge in [0.15, 0.2) is 0 Å². The number of amides is 1. The lowest BCUT2D eigenvalue weighted by atomic mass is 9.36. The fraction of sp³-hybridized carbons (Fsp3) is 0.532. The number of fused-ring (bicyclic) bond motifs is 7. The number of carbonyl (C=O) groups is 2. The van der Waals surface area contributed by atoms with E-state index in [4.69, 9.17) is 11.6 Å². The highest BCUT2D eigenvalue weighted by molar-refractivity contribution is 6.30. The Hall–Kier alpha value is -3.73. The minimum Gasteiger partial charge on any atom is -0.478 e. The van der Waals surface area contributed by atoms with Gasteiger partial charge in [0.2, 0.25) is 5.91 Å². The Morgan fingerprint density at radius 2 is 1.48 bits per heavy atom. The molecule has 0 bridgehead atoms. The lowest BCUT2D eigenvalue weighted by Crippen LogP contribution is -2.62. The second-order valence-corrected chi connectivity index (χ2v) is 17.3. The van der Waals surface area contributed by atoms with Gasteiger partial charge in [-0.15, -0.1) is 32.3 Å². The third-order valence-corrected chi connectivity index (χ3v) is 14.6. The maximum absolute atomic E-state index is 14.0. The molecule has 52 heavy (non-hydrogen) atoms. The van der Waals surface area contributed by atoms with Crippen molar-refractivity contribution in [3.63, 3.8) is 0 Å². The van der Waals surface area contributed by atoms with Crippen LogP contribution in [-0.4, -0.2) is 17.0 Å². The van der Waals surface area contributed by atoms with Crippen molar-refractivity contribution < 1.29 is 14.7 Å². The Bertz CT molecular complexity index is 1640. The fourth-order valence-electron chi connectivity index (χ4n) is 12.5. The molecular formula is C47H60ClNO3. The highest BCUT2D eigenvalue weighted by Crippen LogP contribution is 2.73.